The predicted octanol–water partition coefficient (Wildman–Crippen LogP) is 1.49. The molecule has 3 unspecified atom stereocenters. The summed E-state index contributed by atoms with van der Waals surface area (Å²) in [5.74, 6) is 0.127. The highest BCUT2D eigenvalue weighted by atomic mass is 16.4. The van der Waals surface area contributed by atoms with Crippen LogP contribution in [-0.2, 0) is 4.79 Å². The number of carbonyl (C=O) groups is 2. The first-order chi connectivity index (χ1) is 7.84. The van der Waals surface area contributed by atoms with Gasteiger partial charge in [-0.1, -0.05) is 13.8 Å². The zero-order valence-electron chi connectivity index (χ0n) is 11.0. The molecule has 3 atom stereocenters. The SMILES string of the molecule is CC1CCN(C(=O)N(C)C(C)C(=O)O)CC1C. The highest BCUT2D eigenvalue weighted by molar-refractivity contribution is 5.82. The lowest BCUT2D eigenvalue weighted by Gasteiger charge is -2.38. The number of nitrogens with zero attached hydrogens (tertiary/aromatic N) is 2. The van der Waals surface area contributed by atoms with Gasteiger partial charge in [0.15, 0.2) is 0 Å². The number of aliphatic carboxylic acids is 1. The lowest BCUT2D eigenvalue weighted by molar-refractivity contribution is -0.141. The highest BCUT2D eigenvalue weighted by Gasteiger charge is 2.30. The molecule has 5 nitrogen and oxygen atoms in total. The van der Waals surface area contributed by atoms with E-state index in [4.69, 9.17) is 5.11 Å². The number of rotatable bonds is 2. The van der Waals surface area contributed by atoms with Crippen molar-refractivity contribution in [1.82, 2.24) is 9.80 Å². The van der Waals surface area contributed by atoms with E-state index in [9.17, 15) is 9.59 Å². The lowest BCUT2D eigenvalue weighted by Crippen LogP contribution is -2.51. The molecule has 0 aliphatic carbocycles. The molecule has 0 aromatic heterocycles. The predicted molar refractivity (Wildman–Crippen MR) is 64.8 cm³/mol. The third-order valence-electron chi connectivity index (χ3n) is 3.84. The second-order valence-electron chi connectivity index (χ2n) is 5.10. The summed E-state index contributed by atoms with van der Waals surface area (Å²) >= 11 is 0. The van der Waals surface area contributed by atoms with Gasteiger partial charge in [-0.15, -0.1) is 0 Å². The summed E-state index contributed by atoms with van der Waals surface area (Å²) in [5.41, 5.74) is 0. The molecule has 0 aromatic carbocycles. The molecule has 0 saturated carbocycles. The van der Waals surface area contributed by atoms with Crippen LogP contribution in [0.3, 0.4) is 0 Å². The average Bonchev–Trinajstić information content (AvgIpc) is 2.29. The third kappa shape index (κ3) is 3.11. The van der Waals surface area contributed by atoms with Crippen LogP contribution < -0.4 is 0 Å². The van der Waals surface area contributed by atoms with Crippen molar-refractivity contribution in [3.05, 3.63) is 0 Å². The summed E-state index contributed by atoms with van der Waals surface area (Å²) in [7, 11) is 1.55. The van der Waals surface area contributed by atoms with Crippen LogP contribution in [0.1, 0.15) is 27.2 Å². The topological polar surface area (TPSA) is 60.9 Å². The number of hydrogen-bond acceptors (Lipinski definition) is 2. The van der Waals surface area contributed by atoms with E-state index in [1.165, 1.54) is 11.8 Å². The maximum Gasteiger partial charge on any atom is 0.326 e. The number of carbonyl (C=O) groups excluding carboxylic acids is 1. The van der Waals surface area contributed by atoms with Crippen molar-refractivity contribution in [3.8, 4) is 0 Å². The first-order valence-corrected chi connectivity index (χ1v) is 6.09. The van der Waals surface area contributed by atoms with Gasteiger partial charge in [0.2, 0.25) is 0 Å². The van der Waals surface area contributed by atoms with Crippen LogP contribution >= 0.6 is 0 Å². The van der Waals surface area contributed by atoms with Crippen LogP contribution in [-0.4, -0.2) is 53.1 Å². The zero-order chi connectivity index (χ0) is 13.2. The fourth-order valence-electron chi connectivity index (χ4n) is 1.99. The number of piperidine rings is 1. The quantitative estimate of drug-likeness (QED) is 0.798. The van der Waals surface area contributed by atoms with Crippen LogP contribution in [0.25, 0.3) is 0 Å². The minimum Gasteiger partial charge on any atom is -0.480 e. The summed E-state index contributed by atoms with van der Waals surface area (Å²) in [6.07, 6.45) is 0.988. The first kappa shape index (κ1) is 13.8. The molecule has 98 valence electrons. The maximum absolute atomic E-state index is 12.1. The number of carboxylic acids is 1. The van der Waals surface area contributed by atoms with E-state index in [-0.39, 0.29) is 6.03 Å². The summed E-state index contributed by atoms with van der Waals surface area (Å²) in [6.45, 7) is 7.29. The fourth-order valence-corrected chi connectivity index (χ4v) is 1.99. The second kappa shape index (κ2) is 5.38. The van der Waals surface area contributed by atoms with Gasteiger partial charge in [-0.3, -0.25) is 0 Å². The van der Waals surface area contributed by atoms with Crippen molar-refractivity contribution < 1.29 is 14.7 Å². The molecule has 1 N–H and O–H groups in total. The number of carboxylic acid groups (broad SMARTS) is 1. The molecular formula is C12H22N2O3. The smallest absolute Gasteiger partial charge is 0.326 e. The number of likely N-dealkylation sites (tertiary alicyclic amines) is 1. The first-order valence-electron chi connectivity index (χ1n) is 6.09. The Hall–Kier alpha value is -1.26. The van der Waals surface area contributed by atoms with E-state index >= 15 is 0 Å². The lowest BCUT2D eigenvalue weighted by atomic mass is 9.89. The van der Waals surface area contributed by atoms with Gasteiger partial charge in [0, 0.05) is 20.1 Å². The molecule has 0 radical (unpaired) electrons. The van der Waals surface area contributed by atoms with Gasteiger partial charge in [0.25, 0.3) is 0 Å². The molecule has 1 saturated heterocycles. The molecule has 17 heavy (non-hydrogen) atoms. The molecule has 1 heterocycles. The summed E-state index contributed by atoms with van der Waals surface area (Å²) in [6, 6.07) is -0.962. The van der Waals surface area contributed by atoms with Crippen molar-refractivity contribution in [2.45, 2.75) is 33.2 Å². The zero-order valence-corrected chi connectivity index (χ0v) is 11.0. The average molecular weight is 242 g/mol. The molecule has 5 heteroatoms. The maximum atomic E-state index is 12.1. The van der Waals surface area contributed by atoms with E-state index < -0.39 is 12.0 Å². The Balaban J connectivity index is 2.61. The van der Waals surface area contributed by atoms with Gasteiger partial charge in [-0.05, 0) is 25.2 Å². The molecule has 2 amide bonds. The highest BCUT2D eigenvalue weighted by Crippen LogP contribution is 2.23. The standard InChI is InChI=1S/C12H22N2O3/c1-8-5-6-14(7-9(8)2)12(17)13(4)10(3)11(15)16/h8-10H,5-7H2,1-4H3,(H,15,16). The molecule has 1 fully saturated rings. The molecule has 1 aliphatic rings. The van der Waals surface area contributed by atoms with Gasteiger partial charge in [0.1, 0.15) is 6.04 Å². The number of amides is 2. The largest absolute Gasteiger partial charge is 0.480 e. The summed E-state index contributed by atoms with van der Waals surface area (Å²) < 4.78 is 0. The third-order valence-corrected chi connectivity index (χ3v) is 3.84. The van der Waals surface area contributed by atoms with E-state index in [1.807, 2.05) is 0 Å². The van der Waals surface area contributed by atoms with Crippen LogP contribution in [0.2, 0.25) is 0 Å². The number of hydrogen-bond donors (Lipinski definition) is 1. The summed E-state index contributed by atoms with van der Waals surface area (Å²) in [5, 5.41) is 8.88. The van der Waals surface area contributed by atoms with Gasteiger partial charge < -0.3 is 14.9 Å². The number of urea groups is 1. The minimum atomic E-state index is -0.973. The molecular weight excluding hydrogens is 220 g/mol. The molecule has 1 rings (SSSR count). The Morgan fingerprint density at radius 2 is 1.94 bits per heavy atom. The Labute approximate surface area is 102 Å². The fraction of sp³-hybridized carbons (Fsp3) is 0.833. The van der Waals surface area contributed by atoms with Gasteiger partial charge >= 0.3 is 12.0 Å². The summed E-state index contributed by atoms with van der Waals surface area (Å²) in [4.78, 5) is 26.0. The van der Waals surface area contributed by atoms with Crippen molar-refractivity contribution >= 4 is 12.0 Å². The van der Waals surface area contributed by atoms with Crippen LogP contribution in [0.5, 0.6) is 0 Å². The van der Waals surface area contributed by atoms with Crippen molar-refractivity contribution in [2.75, 3.05) is 20.1 Å². The second-order valence-corrected chi connectivity index (χ2v) is 5.10. The van der Waals surface area contributed by atoms with Crippen molar-refractivity contribution in [1.29, 1.82) is 0 Å². The Bertz CT molecular complexity index is 306. The van der Waals surface area contributed by atoms with E-state index in [2.05, 4.69) is 13.8 Å². The van der Waals surface area contributed by atoms with Crippen molar-refractivity contribution in [2.24, 2.45) is 11.8 Å². The van der Waals surface area contributed by atoms with Crippen molar-refractivity contribution in [3.63, 3.8) is 0 Å². The normalized spacial score (nSPS) is 26.5. The Kier molecular flexibility index (Phi) is 4.37. The minimum absolute atomic E-state index is 0.182. The monoisotopic (exact) mass is 242 g/mol. The van der Waals surface area contributed by atoms with Gasteiger partial charge in [-0.2, -0.15) is 0 Å². The molecule has 0 spiro atoms. The molecule has 1 aliphatic heterocycles. The van der Waals surface area contributed by atoms with Crippen LogP contribution in [0.4, 0.5) is 4.79 Å². The van der Waals surface area contributed by atoms with Crippen LogP contribution in [0, 0.1) is 11.8 Å². The number of likely N-dealkylation sites (N-methyl/N-ethyl adjacent to an activating group) is 1. The Morgan fingerprint density at radius 1 is 1.35 bits per heavy atom. The van der Waals surface area contributed by atoms with E-state index in [1.54, 1.807) is 11.9 Å². The molecule has 0 bridgehead atoms. The van der Waals surface area contributed by atoms with Gasteiger partial charge in [-0.25, -0.2) is 9.59 Å². The molecule has 0 aromatic rings. The van der Waals surface area contributed by atoms with Gasteiger partial charge in [0.05, 0.1) is 0 Å². The van der Waals surface area contributed by atoms with Crippen LogP contribution in [0.15, 0.2) is 0 Å². The van der Waals surface area contributed by atoms with E-state index in [0.717, 1.165) is 19.5 Å². The Morgan fingerprint density at radius 3 is 2.41 bits per heavy atom. The van der Waals surface area contributed by atoms with E-state index in [0.29, 0.717) is 11.8 Å².